The van der Waals surface area contributed by atoms with Gasteiger partial charge < -0.3 is 19.9 Å². The summed E-state index contributed by atoms with van der Waals surface area (Å²) in [7, 11) is 4.32. The number of carbonyl (C=O) groups is 1. The second kappa shape index (κ2) is 12.9. The van der Waals surface area contributed by atoms with Crippen molar-refractivity contribution in [1.82, 2.24) is 35.0 Å². The van der Waals surface area contributed by atoms with Crippen LogP contribution in [0.5, 0.6) is 5.75 Å². The normalized spacial score (nSPS) is 23.6. The summed E-state index contributed by atoms with van der Waals surface area (Å²) in [4.78, 5) is 23.4. The molecule has 2 amide bonds. The van der Waals surface area contributed by atoms with E-state index in [4.69, 9.17) is 9.73 Å². The highest BCUT2D eigenvalue weighted by atomic mass is 16.5. The highest BCUT2D eigenvalue weighted by Crippen LogP contribution is 2.39. The summed E-state index contributed by atoms with van der Waals surface area (Å²) in [6, 6.07) is 12.6. The minimum absolute atomic E-state index is 0.118. The van der Waals surface area contributed by atoms with E-state index in [1.54, 1.807) is 0 Å². The average molecular weight is 641 g/mol. The van der Waals surface area contributed by atoms with Crippen molar-refractivity contribution >= 4 is 17.4 Å². The summed E-state index contributed by atoms with van der Waals surface area (Å²) in [6.45, 7) is 13.5. The first-order chi connectivity index (χ1) is 22.3. The summed E-state index contributed by atoms with van der Waals surface area (Å²) in [6.07, 6.45) is 10.1. The Morgan fingerprint density at radius 3 is 2.38 bits per heavy atom. The molecule has 0 unspecified atom stereocenters. The minimum atomic E-state index is -0.194. The molecule has 0 radical (unpaired) electrons. The van der Waals surface area contributed by atoms with Crippen molar-refractivity contribution in [2.45, 2.75) is 110 Å². The summed E-state index contributed by atoms with van der Waals surface area (Å²) in [5.74, 6) is 2.50. The third kappa shape index (κ3) is 7.03. The Hall–Kier alpha value is -3.92. The first-order valence-electron chi connectivity index (χ1n) is 17.2. The molecule has 10 nitrogen and oxygen atoms in total. The molecule has 252 valence electrons. The van der Waals surface area contributed by atoms with E-state index in [2.05, 4.69) is 104 Å². The quantitative estimate of drug-likeness (QED) is 0.309. The molecule has 2 N–H and O–H groups in total. The molecular formula is C37H52N8O2. The molecule has 0 saturated heterocycles. The Bertz CT molecular complexity index is 1660. The Morgan fingerprint density at radius 1 is 0.915 bits per heavy atom. The van der Waals surface area contributed by atoms with Crippen LogP contribution in [-0.2, 0) is 5.41 Å². The maximum Gasteiger partial charge on any atom is 0.320 e. The number of allylic oxidation sites excluding steroid dienone is 1. The molecule has 3 aliphatic rings. The Labute approximate surface area is 279 Å². The third-order valence-corrected chi connectivity index (χ3v) is 9.81. The number of nitrogens with one attached hydrogen (secondary N) is 2. The van der Waals surface area contributed by atoms with Crippen molar-refractivity contribution in [2.24, 2.45) is 10.4 Å². The maximum atomic E-state index is 13.8. The molecule has 1 saturated carbocycles. The van der Waals surface area contributed by atoms with Gasteiger partial charge in [0.2, 0.25) is 0 Å². The van der Waals surface area contributed by atoms with Crippen molar-refractivity contribution in [2.75, 3.05) is 20.8 Å². The van der Waals surface area contributed by atoms with Crippen LogP contribution >= 0.6 is 0 Å². The van der Waals surface area contributed by atoms with E-state index < -0.39 is 0 Å². The highest BCUT2D eigenvalue weighted by molar-refractivity contribution is 6.00. The van der Waals surface area contributed by atoms with E-state index in [0.29, 0.717) is 18.8 Å². The van der Waals surface area contributed by atoms with Gasteiger partial charge >= 0.3 is 6.03 Å². The zero-order chi connectivity index (χ0) is 33.5. The van der Waals surface area contributed by atoms with E-state index in [1.807, 2.05) is 34.9 Å². The minimum Gasteiger partial charge on any atom is -0.484 e. The number of fused-ring (bicyclic) bond motifs is 2. The fourth-order valence-corrected chi connectivity index (χ4v) is 7.34. The van der Waals surface area contributed by atoms with Crippen molar-refractivity contribution in [3.8, 4) is 5.75 Å². The van der Waals surface area contributed by atoms with Gasteiger partial charge in [-0.15, -0.1) is 10.2 Å². The molecule has 3 heterocycles. The number of amides is 2. The number of carbonyl (C=O) groups excluding carboxylic acids is 1. The van der Waals surface area contributed by atoms with Crippen LogP contribution < -0.4 is 15.4 Å². The molecule has 1 aliphatic heterocycles. The summed E-state index contributed by atoms with van der Waals surface area (Å²) >= 11 is 0. The van der Waals surface area contributed by atoms with Gasteiger partial charge in [0.1, 0.15) is 30.2 Å². The fraction of sp³-hybridized carbons (Fsp3) is 0.568. The van der Waals surface area contributed by atoms with Crippen molar-refractivity contribution < 1.29 is 9.53 Å². The maximum absolute atomic E-state index is 13.8. The number of hydrogen-bond acceptors (Lipinski definition) is 7. The molecule has 0 spiro atoms. The van der Waals surface area contributed by atoms with Gasteiger partial charge in [-0.1, -0.05) is 78.6 Å². The SMILES string of the molecule is CN(C)[C@H]1CCCC[C@@H]1N1CN=C(C(C)(C)C)C=C1NC(=O)N[C@H]1CC[C@@H](Oc2ccc3nnc(C(C)(C)C)n3c2)c2ccccc21. The molecule has 47 heavy (non-hydrogen) atoms. The lowest BCUT2D eigenvalue weighted by Crippen LogP contribution is -2.55. The molecule has 0 bridgehead atoms. The second-order valence-corrected chi connectivity index (χ2v) is 15.6. The summed E-state index contributed by atoms with van der Waals surface area (Å²) < 4.78 is 8.64. The van der Waals surface area contributed by atoms with Crippen LogP contribution in [0.25, 0.3) is 5.65 Å². The number of benzene rings is 1. The van der Waals surface area contributed by atoms with Crippen molar-refractivity contribution in [3.05, 3.63) is 71.4 Å². The number of ether oxygens (including phenoxy) is 1. The van der Waals surface area contributed by atoms with Gasteiger partial charge in [-0.25, -0.2) is 4.79 Å². The van der Waals surface area contributed by atoms with E-state index in [0.717, 1.165) is 65.6 Å². The predicted molar refractivity (Wildman–Crippen MR) is 187 cm³/mol. The summed E-state index contributed by atoms with van der Waals surface area (Å²) in [5.41, 5.74) is 3.73. The molecule has 2 aliphatic carbocycles. The van der Waals surface area contributed by atoms with Gasteiger partial charge in [-0.3, -0.25) is 14.7 Å². The number of rotatable bonds is 6. The highest BCUT2D eigenvalue weighted by Gasteiger charge is 2.36. The first kappa shape index (κ1) is 33.0. The van der Waals surface area contributed by atoms with Gasteiger partial charge in [-0.05, 0) is 63.0 Å². The number of pyridine rings is 1. The van der Waals surface area contributed by atoms with Crippen LogP contribution in [0, 0.1) is 5.41 Å². The smallest absolute Gasteiger partial charge is 0.320 e. The van der Waals surface area contributed by atoms with Crippen LogP contribution in [0.2, 0.25) is 0 Å². The molecular weight excluding hydrogens is 588 g/mol. The van der Waals surface area contributed by atoms with E-state index in [9.17, 15) is 4.79 Å². The zero-order valence-corrected chi connectivity index (χ0v) is 29.4. The molecule has 1 aromatic carbocycles. The Balaban J connectivity index is 1.19. The number of likely N-dealkylation sites (N-methyl/N-ethyl adjacent to an activating group) is 1. The Morgan fingerprint density at radius 2 is 1.66 bits per heavy atom. The van der Waals surface area contributed by atoms with Gasteiger partial charge in [0.05, 0.1) is 12.2 Å². The fourth-order valence-electron chi connectivity index (χ4n) is 7.34. The number of nitrogens with zero attached hydrogens (tertiary/aromatic N) is 6. The first-order valence-corrected chi connectivity index (χ1v) is 17.2. The van der Waals surface area contributed by atoms with Crippen LogP contribution in [-0.4, -0.2) is 69.0 Å². The van der Waals surface area contributed by atoms with Crippen molar-refractivity contribution in [1.29, 1.82) is 0 Å². The standard InChI is InChI=1S/C37H52N8O2/c1-36(2,3)31-21-33(45(23-38-31)29-16-12-11-15-28(29)43(7)8)40-35(46)39-27-18-19-30(26-14-10-9-13-25(26)27)47-24-17-20-32-41-42-34(37(4,5)6)44(32)22-24/h9-10,13-14,17,20-22,27-30H,11-12,15-16,18-19,23H2,1-8H3,(H2,39,40,46)/t27-,28-,29-,30+/m0/s1. The lowest BCUT2D eigenvalue weighted by Gasteiger charge is -2.45. The van der Waals surface area contributed by atoms with E-state index in [-0.39, 0.29) is 29.0 Å². The molecule has 6 rings (SSSR count). The molecule has 4 atom stereocenters. The van der Waals surface area contributed by atoms with Crippen LogP contribution in [0.1, 0.15) is 109 Å². The van der Waals surface area contributed by atoms with Crippen LogP contribution in [0.3, 0.4) is 0 Å². The predicted octanol–water partition coefficient (Wildman–Crippen LogP) is 6.76. The molecule has 2 aromatic heterocycles. The van der Waals surface area contributed by atoms with E-state index in [1.165, 1.54) is 12.8 Å². The van der Waals surface area contributed by atoms with Gasteiger partial charge in [0.25, 0.3) is 0 Å². The zero-order valence-electron chi connectivity index (χ0n) is 29.4. The Kier molecular flexibility index (Phi) is 9.09. The molecule has 3 aromatic rings. The average Bonchev–Trinajstić information content (AvgIpc) is 3.46. The number of hydrogen-bond donors (Lipinski definition) is 2. The lowest BCUT2D eigenvalue weighted by molar-refractivity contribution is 0.0935. The molecule has 1 fully saturated rings. The largest absolute Gasteiger partial charge is 0.484 e. The molecule has 10 heteroatoms. The van der Waals surface area contributed by atoms with Gasteiger partial charge in [0.15, 0.2) is 5.65 Å². The van der Waals surface area contributed by atoms with Gasteiger partial charge in [0, 0.05) is 34.7 Å². The van der Waals surface area contributed by atoms with Crippen LogP contribution in [0.15, 0.2) is 59.5 Å². The van der Waals surface area contributed by atoms with Crippen LogP contribution in [0.4, 0.5) is 4.79 Å². The topological polar surface area (TPSA) is 99.4 Å². The monoisotopic (exact) mass is 640 g/mol. The van der Waals surface area contributed by atoms with E-state index >= 15 is 0 Å². The summed E-state index contributed by atoms with van der Waals surface area (Å²) in [5, 5.41) is 15.4. The number of urea groups is 1. The van der Waals surface area contributed by atoms with Crippen molar-refractivity contribution in [3.63, 3.8) is 0 Å². The lowest BCUT2D eigenvalue weighted by atomic mass is 9.85. The second-order valence-electron chi connectivity index (χ2n) is 15.6. The number of aromatic nitrogens is 3. The number of aliphatic imine (C=N–C) groups is 1. The van der Waals surface area contributed by atoms with Gasteiger partial charge in [-0.2, -0.15) is 0 Å². The third-order valence-electron chi connectivity index (χ3n) is 9.81.